The Kier molecular flexibility index (Phi) is 4.71. The molecule has 1 amide bonds. The summed E-state index contributed by atoms with van der Waals surface area (Å²) in [5, 5.41) is 2.81. The first-order valence-electron chi connectivity index (χ1n) is 6.51. The summed E-state index contributed by atoms with van der Waals surface area (Å²) in [6.07, 6.45) is 3.40. The number of amides is 1. The number of carbonyl (C=O) groups excluding carboxylic acids is 1. The predicted molar refractivity (Wildman–Crippen MR) is 77.5 cm³/mol. The predicted octanol–water partition coefficient (Wildman–Crippen LogP) is 2.39. The van der Waals surface area contributed by atoms with Crippen LogP contribution >= 0.6 is 0 Å². The third-order valence-electron chi connectivity index (χ3n) is 2.94. The number of aryl methyl sites for hydroxylation is 2. The average Bonchev–Trinajstić information content (AvgIpc) is 2.47. The van der Waals surface area contributed by atoms with E-state index >= 15 is 0 Å². The topological polar surface area (TPSA) is 51.2 Å². The molecule has 1 aromatic heterocycles. The second-order valence-corrected chi connectivity index (χ2v) is 4.69. The summed E-state index contributed by atoms with van der Waals surface area (Å²) >= 11 is 0. The molecule has 1 N–H and O–H groups in total. The van der Waals surface area contributed by atoms with Crippen molar-refractivity contribution in [3.63, 3.8) is 0 Å². The SMILES string of the molecule is Cc1ccc(C)c(OCC(=O)NCc2ccncc2)c1. The number of aromatic nitrogens is 1. The van der Waals surface area contributed by atoms with E-state index in [-0.39, 0.29) is 12.5 Å². The molecule has 2 rings (SSSR count). The Morgan fingerprint density at radius 3 is 2.70 bits per heavy atom. The van der Waals surface area contributed by atoms with E-state index in [0.29, 0.717) is 6.54 Å². The summed E-state index contributed by atoms with van der Waals surface area (Å²) in [5.74, 6) is 0.617. The third kappa shape index (κ3) is 4.09. The normalized spacial score (nSPS) is 10.1. The van der Waals surface area contributed by atoms with Crippen LogP contribution in [0.1, 0.15) is 16.7 Å². The number of nitrogens with zero attached hydrogens (tertiary/aromatic N) is 1. The lowest BCUT2D eigenvalue weighted by atomic mass is 10.1. The van der Waals surface area contributed by atoms with Crippen molar-refractivity contribution in [2.75, 3.05) is 6.61 Å². The molecular weight excluding hydrogens is 252 g/mol. The average molecular weight is 270 g/mol. The minimum absolute atomic E-state index is 0.0232. The van der Waals surface area contributed by atoms with Gasteiger partial charge >= 0.3 is 0 Å². The molecule has 0 saturated heterocycles. The van der Waals surface area contributed by atoms with E-state index < -0.39 is 0 Å². The molecule has 0 fully saturated rings. The van der Waals surface area contributed by atoms with E-state index in [1.807, 2.05) is 44.2 Å². The van der Waals surface area contributed by atoms with Gasteiger partial charge in [-0.3, -0.25) is 9.78 Å². The molecule has 0 bridgehead atoms. The Morgan fingerprint density at radius 1 is 1.20 bits per heavy atom. The highest BCUT2D eigenvalue weighted by atomic mass is 16.5. The monoisotopic (exact) mass is 270 g/mol. The highest BCUT2D eigenvalue weighted by Gasteiger charge is 2.05. The molecule has 0 radical (unpaired) electrons. The van der Waals surface area contributed by atoms with Gasteiger partial charge in [-0.15, -0.1) is 0 Å². The zero-order valence-electron chi connectivity index (χ0n) is 11.7. The molecule has 0 aliphatic heterocycles. The standard InChI is InChI=1S/C16H18N2O2/c1-12-3-4-13(2)15(9-12)20-11-16(19)18-10-14-5-7-17-8-6-14/h3-9H,10-11H2,1-2H3,(H,18,19). The van der Waals surface area contributed by atoms with Gasteiger partial charge in [-0.25, -0.2) is 0 Å². The Labute approximate surface area is 118 Å². The molecule has 20 heavy (non-hydrogen) atoms. The van der Waals surface area contributed by atoms with E-state index in [0.717, 1.165) is 22.4 Å². The fraction of sp³-hybridized carbons (Fsp3) is 0.250. The minimum Gasteiger partial charge on any atom is -0.483 e. The van der Waals surface area contributed by atoms with Crippen LogP contribution in [0.3, 0.4) is 0 Å². The van der Waals surface area contributed by atoms with Crippen molar-refractivity contribution in [2.45, 2.75) is 20.4 Å². The zero-order valence-corrected chi connectivity index (χ0v) is 11.7. The molecule has 1 heterocycles. The number of hydrogen-bond acceptors (Lipinski definition) is 3. The van der Waals surface area contributed by atoms with Crippen molar-refractivity contribution in [3.05, 3.63) is 59.4 Å². The summed E-state index contributed by atoms with van der Waals surface area (Å²) in [7, 11) is 0. The molecular formula is C16H18N2O2. The van der Waals surface area contributed by atoms with Gasteiger partial charge in [-0.2, -0.15) is 0 Å². The van der Waals surface area contributed by atoms with Crippen molar-refractivity contribution >= 4 is 5.91 Å². The van der Waals surface area contributed by atoms with Crippen molar-refractivity contribution in [2.24, 2.45) is 0 Å². The van der Waals surface area contributed by atoms with Gasteiger partial charge in [-0.05, 0) is 48.7 Å². The van der Waals surface area contributed by atoms with E-state index in [1.165, 1.54) is 0 Å². The first kappa shape index (κ1) is 14.1. The third-order valence-corrected chi connectivity index (χ3v) is 2.94. The Balaban J connectivity index is 1.82. The number of nitrogens with one attached hydrogen (secondary N) is 1. The van der Waals surface area contributed by atoms with Crippen molar-refractivity contribution in [3.8, 4) is 5.75 Å². The first-order valence-corrected chi connectivity index (χ1v) is 6.51. The highest BCUT2D eigenvalue weighted by Crippen LogP contribution is 2.18. The van der Waals surface area contributed by atoms with E-state index in [1.54, 1.807) is 12.4 Å². The fourth-order valence-corrected chi connectivity index (χ4v) is 1.76. The maximum Gasteiger partial charge on any atom is 0.258 e. The largest absolute Gasteiger partial charge is 0.483 e. The van der Waals surface area contributed by atoms with Crippen LogP contribution in [0.2, 0.25) is 0 Å². The summed E-state index contributed by atoms with van der Waals surface area (Å²) < 4.78 is 5.54. The van der Waals surface area contributed by atoms with Gasteiger partial charge in [0.15, 0.2) is 6.61 Å². The van der Waals surface area contributed by atoms with Crippen LogP contribution in [0, 0.1) is 13.8 Å². The molecule has 0 spiro atoms. The van der Waals surface area contributed by atoms with Crippen LogP contribution in [0.4, 0.5) is 0 Å². The smallest absolute Gasteiger partial charge is 0.258 e. The number of benzene rings is 1. The maximum atomic E-state index is 11.7. The second-order valence-electron chi connectivity index (χ2n) is 4.69. The first-order chi connectivity index (χ1) is 9.65. The van der Waals surface area contributed by atoms with Crippen molar-refractivity contribution < 1.29 is 9.53 Å². The van der Waals surface area contributed by atoms with Gasteiger partial charge in [-0.1, -0.05) is 12.1 Å². The molecule has 0 atom stereocenters. The van der Waals surface area contributed by atoms with Crippen LogP contribution in [0.25, 0.3) is 0 Å². The highest BCUT2D eigenvalue weighted by molar-refractivity contribution is 5.77. The molecule has 0 aliphatic rings. The van der Waals surface area contributed by atoms with E-state index in [9.17, 15) is 4.79 Å². The number of carbonyl (C=O) groups is 1. The lowest BCUT2D eigenvalue weighted by Gasteiger charge is -2.10. The molecule has 2 aromatic rings. The zero-order chi connectivity index (χ0) is 14.4. The van der Waals surface area contributed by atoms with Gasteiger partial charge < -0.3 is 10.1 Å². The van der Waals surface area contributed by atoms with Gasteiger partial charge in [0.05, 0.1) is 0 Å². The van der Waals surface area contributed by atoms with Crippen LogP contribution < -0.4 is 10.1 Å². The summed E-state index contributed by atoms with van der Waals surface area (Å²) in [6, 6.07) is 9.68. The minimum atomic E-state index is -0.136. The molecule has 4 heteroatoms. The Hall–Kier alpha value is -2.36. The van der Waals surface area contributed by atoms with Crippen LogP contribution in [0.15, 0.2) is 42.7 Å². The molecule has 0 aliphatic carbocycles. The lowest BCUT2D eigenvalue weighted by Crippen LogP contribution is -2.28. The number of rotatable bonds is 5. The van der Waals surface area contributed by atoms with Crippen LogP contribution in [0.5, 0.6) is 5.75 Å². The number of pyridine rings is 1. The molecule has 104 valence electrons. The van der Waals surface area contributed by atoms with Crippen molar-refractivity contribution in [1.29, 1.82) is 0 Å². The summed E-state index contributed by atoms with van der Waals surface area (Å²) in [6.45, 7) is 4.46. The van der Waals surface area contributed by atoms with Gasteiger partial charge in [0.2, 0.25) is 0 Å². The Bertz CT molecular complexity index is 582. The van der Waals surface area contributed by atoms with Gasteiger partial charge in [0.25, 0.3) is 5.91 Å². The molecule has 1 aromatic carbocycles. The summed E-state index contributed by atoms with van der Waals surface area (Å²) in [4.78, 5) is 15.7. The molecule has 4 nitrogen and oxygen atoms in total. The van der Waals surface area contributed by atoms with E-state index in [2.05, 4.69) is 10.3 Å². The van der Waals surface area contributed by atoms with Crippen LogP contribution in [-0.2, 0) is 11.3 Å². The van der Waals surface area contributed by atoms with Gasteiger partial charge in [0.1, 0.15) is 5.75 Å². The Morgan fingerprint density at radius 2 is 1.95 bits per heavy atom. The second kappa shape index (κ2) is 6.70. The maximum absolute atomic E-state index is 11.7. The van der Waals surface area contributed by atoms with E-state index in [4.69, 9.17) is 4.74 Å². The number of ether oxygens (including phenoxy) is 1. The molecule has 0 saturated carbocycles. The van der Waals surface area contributed by atoms with Gasteiger partial charge in [0, 0.05) is 18.9 Å². The quantitative estimate of drug-likeness (QED) is 0.907. The number of hydrogen-bond donors (Lipinski definition) is 1. The summed E-state index contributed by atoms with van der Waals surface area (Å²) in [5.41, 5.74) is 3.15. The lowest BCUT2D eigenvalue weighted by molar-refractivity contribution is -0.123. The molecule has 0 unspecified atom stereocenters. The van der Waals surface area contributed by atoms with Crippen molar-refractivity contribution in [1.82, 2.24) is 10.3 Å². The fourth-order valence-electron chi connectivity index (χ4n) is 1.76. The van der Waals surface area contributed by atoms with Crippen LogP contribution in [-0.4, -0.2) is 17.5 Å².